The Bertz CT molecular complexity index is 745. The summed E-state index contributed by atoms with van der Waals surface area (Å²) >= 11 is 0. The van der Waals surface area contributed by atoms with Crippen LogP contribution in [0.3, 0.4) is 0 Å². The van der Waals surface area contributed by atoms with Crippen LogP contribution in [0.25, 0.3) is 22.3 Å². The van der Waals surface area contributed by atoms with Gasteiger partial charge in [-0.25, -0.2) is 9.97 Å². The second-order valence-corrected chi connectivity index (χ2v) is 3.76. The number of fused-ring (bicyclic) bond motifs is 1. The van der Waals surface area contributed by atoms with E-state index < -0.39 is 0 Å². The molecular formula is C14H8N4. The molecular weight excluding hydrogens is 224 g/mol. The molecule has 0 spiro atoms. The number of hydrogen-bond donors (Lipinski definition) is 0. The quantitative estimate of drug-likeness (QED) is 0.646. The fraction of sp³-hybridized carbons (Fsp3) is 0. The van der Waals surface area contributed by atoms with Crippen molar-refractivity contribution in [2.24, 2.45) is 0 Å². The zero-order chi connectivity index (χ0) is 12.4. The van der Waals surface area contributed by atoms with E-state index in [1.54, 1.807) is 12.4 Å². The van der Waals surface area contributed by atoms with Crippen molar-refractivity contribution in [1.29, 1.82) is 5.26 Å². The van der Waals surface area contributed by atoms with E-state index in [1.807, 2.05) is 36.4 Å². The largest absolute Gasteiger partial charge is 0.265 e. The lowest BCUT2D eigenvalue weighted by Crippen LogP contribution is -1.94. The Balaban J connectivity index is 2.30. The van der Waals surface area contributed by atoms with E-state index in [0.717, 1.165) is 16.5 Å². The predicted molar refractivity (Wildman–Crippen MR) is 67.5 cm³/mol. The van der Waals surface area contributed by atoms with Gasteiger partial charge in [-0.1, -0.05) is 12.1 Å². The average Bonchev–Trinajstić information content (AvgIpc) is 2.47. The summed E-state index contributed by atoms with van der Waals surface area (Å²) < 4.78 is 0. The maximum atomic E-state index is 9.15. The van der Waals surface area contributed by atoms with Crippen molar-refractivity contribution in [1.82, 2.24) is 15.0 Å². The average molecular weight is 232 g/mol. The molecule has 2 heterocycles. The normalized spacial score (nSPS) is 10.2. The number of para-hydroxylation sites is 1. The van der Waals surface area contributed by atoms with Crippen molar-refractivity contribution in [3.8, 4) is 17.5 Å². The summed E-state index contributed by atoms with van der Waals surface area (Å²) in [6.07, 6.45) is 3.36. The molecule has 4 nitrogen and oxygen atoms in total. The molecule has 3 aromatic rings. The van der Waals surface area contributed by atoms with Gasteiger partial charge in [-0.3, -0.25) is 4.98 Å². The zero-order valence-electron chi connectivity index (χ0n) is 9.41. The highest BCUT2D eigenvalue weighted by Gasteiger charge is 2.08. The fourth-order valence-electron chi connectivity index (χ4n) is 1.79. The first-order chi connectivity index (χ1) is 8.88. The van der Waals surface area contributed by atoms with Gasteiger partial charge >= 0.3 is 0 Å². The second kappa shape index (κ2) is 4.22. The van der Waals surface area contributed by atoms with Gasteiger partial charge in [-0.05, 0) is 24.3 Å². The van der Waals surface area contributed by atoms with Crippen molar-refractivity contribution < 1.29 is 0 Å². The first-order valence-electron chi connectivity index (χ1n) is 5.46. The second-order valence-electron chi connectivity index (χ2n) is 3.76. The Morgan fingerprint density at radius 1 is 0.944 bits per heavy atom. The Kier molecular flexibility index (Phi) is 2.43. The molecule has 4 heteroatoms. The minimum Gasteiger partial charge on any atom is -0.265 e. The summed E-state index contributed by atoms with van der Waals surface area (Å²) in [5, 5.41) is 9.93. The van der Waals surface area contributed by atoms with Gasteiger partial charge in [0.2, 0.25) is 0 Å². The van der Waals surface area contributed by atoms with Gasteiger partial charge in [-0.2, -0.15) is 5.26 Å². The minimum atomic E-state index is 0.396. The highest BCUT2D eigenvalue weighted by Crippen LogP contribution is 2.20. The van der Waals surface area contributed by atoms with Crippen LogP contribution in [0, 0.1) is 11.3 Å². The molecule has 0 saturated carbocycles. The molecule has 1 aromatic carbocycles. The number of aromatic nitrogens is 3. The van der Waals surface area contributed by atoms with Crippen LogP contribution in [-0.4, -0.2) is 15.0 Å². The van der Waals surface area contributed by atoms with Gasteiger partial charge in [0.15, 0.2) is 11.5 Å². The van der Waals surface area contributed by atoms with Gasteiger partial charge in [-0.15, -0.1) is 0 Å². The number of benzene rings is 1. The lowest BCUT2D eigenvalue weighted by atomic mass is 10.1. The molecule has 2 aromatic heterocycles. The molecule has 0 aliphatic heterocycles. The third kappa shape index (κ3) is 1.68. The molecule has 0 atom stereocenters. The van der Waals surface area contributed by atoms with Crippen LogP contribution in [0.4, 0.5) is 0 Å². The van der Waals surface area contributed by atoms with E-state index in [0.29, 0.717) is 11.5 Å². The summed E-state index contributed by atoms with van der Waals surface area (Å²) in [7, 11) is 0. The highest BCUT2D eigenvalue weighted by atomic mass is 14.9. The van der Waals surface area contributed by atoms with E-state index in [4.69, 9.17) is 5.26 Å². The predicted octanol–water partition coefficient (Wildman–Crippen LogP) is 2.56. The number of rotatable bonds is 1. The first kappa shape index (κ1) is 10.4. The molecule has 3 rings (SSSR count). The Morgan fingerprint density at radius 3 is 2.50 bits per heavy atom. The topological polar surface area (TPSA) is 62.5 Å². The molecule has 0 aliphatic carbocycles. The summed E-state index contributed by atoms with van der Waals surface area (Å²) in [6, 6.07) is 13.3. The molecule has 0 aliphatic rings. The number of pyridine rings is 1. The summed E-state index contributed by atoms with van der Waals surface area (Å²) in [6.45, 7) is 0. The van der Waals surface area contributed by atoms with Crippen molar-refractivity contribution in [2.75, 3.05) is 0 Å². The number of hydrogen-bond acceptors (Lipinski definition) is 4. The molecule has 18 heavy (non-hydrogen) atoms. The SMILES string of the molecule is N#Cc1nc(-c2ccncc2)nc2ccccc12. The van der Waals surface area contributed by atoms with Gasteiger partial charge in [0.1, 0.15) is 6.07 Å². The monoisotopic (exact) mass is 232 g/mol. The van der Waals surface area contributed by atoms with E-state index in [1.165, 1.54) is 0 Å². The van der Waals surface area contributed by atoms with Crippen LogP contribution in [0.1, 0.15) is 5.69 Å². The minimum absolute atomic E-state index is 0.396. The molecule has 0 radical (unpaired) electrons. The van der Waals surface area contributed by atoms with E-state index in [2.05, 4.69) is 21.0 Å². The van der Waals surface area contributed by atoms with Gasteiger partial charge in [0.25, 0.3) is 0 Å². The smallest absolute Gasteiger partial charge is 0.161 e. The Morgan fingerprint density at radius 2 is 1.72 bits per heavy atom. The van der Waals surface area contributed by atoms with E-state index >= 15 is 0 Å². The fourth-order valence-corrected chi connectivity index (χ4v) is 1.79. The third-order valence-electron chi connectivity index (χ3n) is 2.65. The number of nitriles is 1. The van der Waals surface area contributed by atoms with Gasteiger partial charge in [0.05, 0.1) is 5.52 Å². The van der Waals surface area contributed by atoms with E-state index in [9.17, 15) is 0 Å². The summed E-state index contributed by atoms with van der Waals surface area (Å²) in [5.74, 6) is 0.549. The van der Waals surface area contributed by atoms with Crippen LogP contribution in [0.15, 0.2) is 48.8 Å². The Hall–Kier alpha value is -2.80. The number of nitrogens with zero attached hydrogens (tertiary/aromatic N) is 4. The molecule has 0 N–H and O–H groups in total. The molecule has 0 fully saturated rings. The maximum absolute atomic E-state index is 9.15. The molecule has 0 amide bonds. The molecule has 0 unspecified atom stereocenters. The maximum Gasteiger partial charge on any atom is 0.161 e. The van der Waals surface area contributed by atoms with Crippen molar-refractivity contribution in [3.05, 3.63) is 54.5 Å². The summed E-state index contributed by atoms with van der Waals surface area (Å²) in [5.41, 5.74) is 2.02. The van der Waals surface area contributed by atoms with Crippen LogP contribution in [-0.2, 0) is 0 Å². The van der Waals surface area contributed by atoms with Crippen LogP contribution < -0.4 is 0 Å². The van der Waals surface area contributed by atoms with E-state index in [-0.39, 0.29) is 0 Å². The molecule has 84 valence electrons. The molecule has 0 saturated heterocycles. The van der Waals surface area contributed by atoms with Gasteiger partial charge in [0, 0.05) is 23.3 Å². The Labute approximate surface area is 104 Å². The van der Waals surface area contributed by atoms with Crippen molar-refractivity contribution in [3.63, 3.8) is 0 Å². The highest BCUT2D eigenvalue weighted by molar-refractivity contribution is 5.84. The van der Waals surface area contributed by atoms with Gasteiger partial charge < -0.3 is 0 Å². The van der Waals surface area contributed by atoms with Crippen LogP contribution in [0.2, 0.25) is 0 Å². The summed E-state index contributed by atoms with van der Waals surface area (Å²) in [4.78, 5) is 12.7. The first-order valence-corrected chi connectivity index (χ1v) is 5.46. The lowest BCUT2D eigenvalue weighted by Gasteiger charge is -2.03. The van der Waals surface area contributed by atoms with Crippen molar-refractivity contribution in [2.45, 2.75) is 0 Å². The zero-order valence-corrected chi connectivity index (χ0v) is 9.41. The molecule has 0 bridgehead atoms. The standard InChI is InChI=1S/C14H8N4/c15-9-13-11-3-1-2-4-12(11)17-14(18-13)10-5-7-16-8-6-10/h1-8H. The van der Waals surface area contributed by atoms with Crippen LogP contribution in [0.5, 0.6) is 0 Å². The third-order valence-corrected chi connectivity index (χ3v) is 2.65. The van der Waals surface area contributed by atoms with Crippen molar-refractivity contribution >= 4 is 10.9 Å². The van der Waals surface area contributed by atoms with Crippen LogP contribution >= 0.6 is 0 Å². The lowest BCUT2D eigenvalue weighted by molar-refractivity contribution is 1.19.